The van der Waals surface area contributed by atoms with Crippen LogP contribution in [0.2, 0.25) is 0 Å². The lowest BCUT2D eigenvalue weighted by Gasteiger charge is -2.05. The highest BCUT2D eigenvalue weighted by molar-refractivity contribution is 6.18. The van der Waals surface area contributed by atoms with E-state index in [1.807, 2.05) is 13.0 Å². The number of rotatable bonds is 6. The van der Waals surface area contributed by atoms with Gasteiger partial charge in [0.15, 0.2) is 5.75 Å². The summed E-state index contributed by atoms with van der Waals surface area (Å²) in [7, 11) is 0. The van der Waals surface area contributed by atoms with Crippen molar-refractivity contribution in [2.45, 2.75) is 13.3 Å². The highest BCUT2D eigenvalue weighted by Crippen LogP contribution is 2.28. The summed E-state index contributed by atoms with van der Waals surface area (Å²) in [4.78, 5) is 10.4. The zero-order chi connectivity index (χ0) is 12.7. The molecule has 1 rings (SSSR count). The second kappa shape index (κ2) is 6.91. The van der Waals surface area contributed by atoms with E-state index in [1.54, 1.807) is 24.3 Å². The molecule has 0 spiro atoms. The van der Waals surface area contributed by atoms with E-state index in [9.17, 15) is 10.1 Å². The largest absolute Gasteiger partial charge is 0.483 e. The molecule has 4 nitrogen and oxygen atoms in total. The minimum absolute atomic E-state index is 0.00336. The lowest BCUT2D eigenvalue weighted by atomic mass is 10.1. The number of halogens is 1. The SMILES string of the molecule is CCc1ccc(OCC=CCCl)c([N+](=O)[O-])c1. The maximum absolute atomic E-state index is 10.9. The van der Waals surface area contributed by atoms with Gasteiger partial charge in [0.05, 0.1) is 4.92 Å². The lowest BCUT2D eigenvalue weighted by molar-refractivity contribution is -0.385. The van der Waals surface area contributed by atoms with Crippen LogP contribution in [0, 0.1) is 10.1 Å². The normalized spacial score (nSPS) is 10.7. The molecule has 1 aromatic carbocycles. The quantitative estimate of drug-likeness (QED) is 0.339. The Kier molecular flexibility index (Phi) is 5.49. The maximum Gasteiger partial charge on any atom is 0.311 e. The van der Waals surface area contributed by atoms with Crippen molar-refractivity contribution in [3.05, 3.63) is 46.0 Å². The van der Waals surface area contributed by atoms with Crippen LogP contribution in [0.3, 0.4) is 0 Å². The molecule has 0 bridgehead atoms. The lowest BCUT2D eigenvalue weighted by Crippen LogP contribution is -1.99. The van der Waals surface area contributed by atoms with Crippen LogP contribution in [-0.4, -0.2) is 17.4 Å². The van der Waals surface area contributed by atoms with Gasteiger partial charge in [-0.05, 0) is 18.1 Å². The van der Waals surface area contributed by atoms with Crippen LogP contribution in [0.1, 0.15) is 12.5 Å². The van der Waals surface area contributed by atoms with Gasteiger partial charge in [-0.1, -0.05) is 25.1 Å². The molecule has 92 valence electrons. The van der Waals surface area contributed by atoms with Crippen molar-refractivity contribution in [1.82, 2.24) is 0 Å². The fourth-order valence-corrected chi connectivity index (χ4v) is 1.44. The molecule has 0 atom stereocenters. The van der Waals surface area contributed by atoms with E-state index in [0.29, 0.717) is 5.88 Å². The zero-order valence-corrected chi connectivity index (χ0v) is 10.3. The number of hydrogen-bond acceptors (Lipinski definition) is 3. The summed E-state index contributed by atoms with van der Waals surface area (Å²) >= 11 is 5.45. The molecule has 1 aromatic rings. The molecule has 17 heavy (non-hydrogen) atoms. The van der Waals surface area contributed by atoms with E-state index in [1.165, 1.54) is 0 Å². The van der Waals surface area contributed by atoms with Gasteiger partial charge in [-0.2, -0.15) is 0 Å². The summed E-state index contributed by atoms with van der Waals surface area (Å²) in [6, 6.07) is 5.00. The highest BCUT2D eigenvalue weighted by Gasteiger charge is 2.14. The van der Waals surface area contributed by atoms with E-state index in [2.05, 4.69) is 0 Å². The third-order valence-corrected chi connectivity index (χ3v) is 2.40. The van der Waals surface area contributed by atoms with Gasteiger partial charge < -0.3 is 4.74 Å². The number of alkyl halides is 1. The Morgan fingerprint density at radius 3 is 2.82 bits per heavy atom. The average molecular weight is 256 g/mol. The van der Waals surface area contributed by atoms with Gasteiger partial charge in [0.2, 0.25) is 0 Å². The average Bonchev–Trinajstić information content (AvgIpc) is 2.34. The highest BCUT2D eigenvalue weighted by atomic mass is 35.5. The first-order valence-electron chi connectivity index (χ1n) is 5.30. The van der Waals surface area contributed by atoms with E-state index in [0.717, 1.165) is 12.0 Å². The summed E-state index contributed by atoms with van der Waals surface area (Å²) in [5.74, 6) is 0.687. The van der Waals surface area contributed by atoms with Crippen molar-refractivity contribution in [2.75, 3.05) is 12.5 Å². The van der Waals surface area contributed by atoms with Crippen LogP contribution in [0.25, 0.3) is 0 Å². The smallest absolute Gasteiger partial charge is 0.311 e. The van der Waals surface area contributed by atoms with Crippen LogP contribution in [0.15, 0.2) is 30.4 Å². The molecule has 0 aliphatic rings. The van der Waals surface area contributed by atoms with Crippen molar-refractivity contribution in [3.63, 3.8) is 0 Å². The number of nitro benzene ring substituents is 1. The minimum Gasteiger partial charge on any atom is -0.483 e. The Labute approximate surface area is 105 Å². The second-order valence-corrected chi connectivity index (χ2v) is 3.66. The van der Waals surface area contributed by atoms with Crippen LogP contribution in [0.4, 0.5) is 5.69 Å². The Balaban J connectivity index is 2.83. The summed E-state index contributed by atoms with van der Waals surface area (Å²) in [6.45, 7) is 2.22. The molecular weight excluding hydrogens is 242 g/mol. The van der Waals surface area contributed by atoms with E-state index in [4.69, 9.17) is 16.3 Å². The van der Waals surface area contributed by atoms with Gasteiger partial charge in [-0.3, -0.25) is 10.1 Å². The summed E-state index contributed by atoms with van der Waals surface area (Å²) < 4.78 is 5.31. The Morgan fingerprint density at radius 1 is 1.47 bits per heavy atom. The number of nitro groups is 1. The van der Waals surface area contributed by atoms with Gasteiger partial charge in [-0.15, -0.1) is 11.6 Å². The van der Waals surface area contributed by atoms with Crippen LogP contribution in [0.5, 0.6) is 5.75 Å². The van der Waals surface area contributed by atoms with Crippen LogP contribution in [-0.2, 0) is 6.42 Å². The van der Waals surface area contributed by atoms with Crippen molar-refractivity contribution >= 4 is 17.3 Å². The van der Waals surface area contributed by atoms with E-state index in [-0.39, 0.29) is 18.0 Å². The third-order valence-electron chi connectivity index (χ3n) is 2.22. The fourth-order valence-electron chi connectivity index (χ4n) is 1.32. The molecule has 5 heteroatoms. The fraction of sp³-hybridized carbons (Fsp3) is 0.333. The Morgan fingerprint density at radius 2 is 2.24 bits per heavy atom. The topological polar surface area (TPSA) is 52.4 Å². The van der Waals surface area contributed by atoms with Gasteiger partial charge >= 0.3 is 5.69 Å². The maximum atomic E-state index is 10.9. The zero-order valence-electron chi connectivity index (χ0n) is 9.56. The molecule has 0 saturated heterocycles. The number of hydrogen-bond donors (Lipinski definition) is 0. The number of allylic oxidation sites excluding steroid dienone is 1. The first-order valence-corrected chi connectivity index (χ1v) is 5.83. The second-order valence-electron chi connectivity index (χ2n) is 3.35. The van der Waals surface area contributed by atoms with Crippen molar-refractivity contribution in [2.24, 2.45) is 0 Å². The molecule has 0 heterocycles. The predicted molar refractivity (Wildman–Crippen MR) is 67.8 cm³/mol. The Hall–Kier alpha value is -1.55. The standard InChI is InChI=1S/C12H14ClNO3/c1-2-10-5-6-12(11(9-10)14(15)16)17-8-4-3-7-13/h3-6,9H,2,7-8H2,1H3. The monoisotopic (exact) mass is 255 g/mol. The van der Waals surface area contributed by atoms with Gasteiger partial charge in [0, 0.05) is 11.9 Å². The molecule has 0 amide bonds. The first-order chi connectivity index (χ1) is 8.19. The van der Waals surface area contributed by atoms with E-state index < -0.39 is 4.92 Å². The van der Waals surface area contributed by atoms with E-state index >= 15 is 0 Å². The van der Waals surface area contributed by atoms with Crippen LogP contribution < -0.4 is 4.74 Å². The van der Waals surface area contributed by atoms with Gasteiger partial charge in [-0.25, -0.2) is 0 Å². The number of aryl methyl sites for hydroxylation is 1. The number of ether oxygens (including phenoxy) is 1. The molecular formula is C12H14ClNO3. The summed E-state index contributed by atoms with van der Waals surface area (Å²) in [5, 5.41) is 10.9. The van der Waals surface area contributed by atoms with Crippen molar-refractivity contribution in [3.8, 4) is 5.75 Å². The molecule has 0 aliphatic carbocycles. The molecule has 0 aliphatic heterocycles. The van der Waals surface area contributed by atoms with Gasteiger partial charge in [0.25, 0.3) is 0 Å². The number of nitrogens with zero attached hydrogens (tertiary/aromatic N) is 1. The molecule has 0 aromatic heterocycles. The number of benzene rings is 1. The van der Waals surface area contributed by atoms with Crippen molar-refractivity contribution < 1.29 is 9.66 Å². The molecule has 0 unspecified atom stereocenters. The van der Waals surface area contributed by atoms with Crippen molar-refractivity contribution in [1.29, 1.82) is 0 Å². The summed E-state index contributed by atoms with van der Waals surface area (Å²) in [6.07, 6.45) is 4.21. The minimum atomic E-state index is -0.431. The first kappa shape index (κ1) is 13.5. The van der Waals surface area contributed by atoms with Crippen LogP contribution >= 0.6 is 11.6 Å². The molecule has 0 fully saturated rings. The molecule has 0 saturated carbocycles. The third kappa shape index (κ3) is 4.07. The summed E-state index contributed by atoms with van der Waals surface area (Å²) in [5.41, 5.74) is 0.920. The predicted octanol–water partition coefficient (Wildman–Crippen LogP) is 3.33. The molecule has 0 radical (unpaired) electrons. The molecule has 0 N–H and O–H groups in total. The Bertz CT molecular complexity index is 418. The van der Waals surface area contributed by atoms with Gasteiger partial charge in [0.1, 0.15) is 6.61 Å².